The van der Waals surface area contributed by atoms with Crippen LogP contribution in [0.5, 0.6) is 0 Å². The summed E-state index contributed by atoms with van der Waals surface area (Å²) in [6.07, 6.45) is 4.66. The number of hydrogen-bond donors (Lipinski definition) is 1. The molecule has 0 saturated carbocycles. The highest BCUT2D eigenvalue weighted by atomic mass is 32.2. The molecule has 30 heavy (non-hydrogen) atoms. The highest BCUT2D eigenvalue weighted by Crippen LogP contribution is 2.41. The fourth-order valence-corrected chi connectivity index (χ4v) is 6.27. The van der Waals surface area contributed by atoms with Crippen molar-refractivity contribution in [1.82, 2.24) is 19.1 Å². The third-order valence-electron chi connectivity index (χ3n) is 5.67. The number of nitrogens with two attached hydrogens (primary N) is 1. The van der Waals surface area contributed by atoms with Crippen molar-refractivity contribution in [3.8, 4) is 0 Å². The quantitative estimate of drug-likeness (QED) is 0.372. The van der Waals surface area contributed by atoms with Crippen molar-refractivity contribution in [1.29, 1.82) is 0 Å². The average molecular weight is 446 g/mol. The van der Waals surface area contributed by atoms with Gasteiger partial charge in [-0.3, -0.25) is 18.7 Å². The minimum atomic E-state index is -0.678. The molecule has 3 aromatic heterocycles. The van der Waals surface area contributed by atoms with Crippen LogP contribution in [0, 0.1) is 5.92 Å². The molecule has 0 fully saturated rings. The van der Waals surface area contributed by atoms with E-state index in [1.165, 1.54) is 42.6 Å². The summed E-state index contributed by atoms with van der Waals surface area (Å²) in [5.41, 5.74) is 5.84. The van der Waals surface area contributed by atoms with E-state index in [4.69, 9.17) is 5.73 Å². The summed E-state index contributed by atoms with van der Waals surface area (Å²) in [6, 6.07) is 0. The van der Waals surface area contributed by atoms with Crippen molar-refractivity contribution in [3.05, 3.63) is 43.2 Å². The Morgan fingerprint density at radius 1 is 1.30 bits per heavy atom. The number of anilines is 1. The van der Waals surface area contributed by atoms with Crippen molar-refractivity contribution in [2.45, 2.75) is 43.4 Å². The molecule has 0 amide bonds. The van der Waals surface area contributed by atoms with Gasteiger partial charge < -0.3 is 5.73 Å². The number of Topliss-reactive ketones (excluding diaryl/α,β-unsaturated/α-hetero) is 1. The number of ketones is 1. The molecule has 0 aliphatic heterocycles. The fourth-order valence-electron chi connectivity index (χ4n) is 3.85. The normalized spacial score (nSPS) is 17.1. The molecule has 4 rings (SSSR count). The number of aryl methyl sites for hydroxylation is 1. The van der Waals surface area contributed by atoms with Gasteiger partial charge in [-0.1, -0.05) is 18.7 Å². The first kappa shape index (κ1) is 20.8. The summed E-state index contributed by atoms with van der Waals surface area (Å²) in [4.78, 5) is 48.9. The van der Waals surface area contributed by atoms with Crippen molar-refractivity contribution >= 4 is 44.9 Å². The highest BCUT2D eigenvalue weighted by Gasteiger charge is 2.28. The Bertz CT molecular complexity index is 1290. The lowest BCUT2D eigenvalue weighted by Crippen LogP contribution is -2.42. The number of hydrogen-bond acceptors (Lipinski definition) is 8. The maximum atomic E-state index is 13.1. The van der Waals surface area contributed by atoms with Gasteiger partial charge in [0.2, 0.25) is 0 Å². The van der Waals surface area contributed by atoms with E-state index in [-0.39, 0.29) is 11.4 Å². The lowest BCUT2D eigenvalue weighted by Gasteiger charge is -2.18. The van der Waals surface area contributed by atoms with Crippen molar-refractivity contribution in [2.75, 3.05) is 5.73 Å². The SMILES string of the molecule is C[C@@H]1CCc2c(sc3ncnc(S[C@@H](C)C(=O)c4c(N)n(C)c(=O)n(C)c4=O)c23)C1. The Labute approximate surface area is 181 Å². The van der Waals surface area contributed by atoms with Crippen LogP contribution in [0.3, 0.4) is 0 Å². The molecule has 1 aliphatic carbocycles. The first-order chi connectivity index (χ1) is 14.2. The highest BCUT2D eigenvalue weighted by molar-refractivity contribution is 8.00. The molecule has 0 spiro atoms. The molecular formula is C20H23N5O3S2. The first-order valence-electron chi connectivity index (χ1n) is 9.72. The van der Waals surface area contributed by atoms with Gasteiger partial charge in [0.05, 0.1) is 5.25 Å². The summed E-state index contributed by atoms with van der Waals surface area (Å²) in [5, 5.41) is 1.16. The number of aromatic nitrogens is 4. The number of nitrogens with zero attached hydrogens (tertiary/aromatic N) is 4. The molecule has 0 radical (unpaired) electrons. The molecule has 0 aromatic carbocycles. The summed E-state index contributed by atoms with van der Waals surface area (Å²) in [7, 11) is 2.78. The Kier molecular flexibility index (Phi) is 5.31. The van der Waals surface area contributed by atoms with E-state index in [1.807, 2.05) is 0 Å². The fraction of sp³-hybridized carbons (Fsp3) is 0.450. The second kappa shape index (κ2) is 7.66. The Morgan fingerprint density at radius 2 is 2.03 bits per heavy atom. The van der Waals surface area contributed by atoms with Crippen molar-refractivity contribution in [2.24, 2.45) is 20.0 Å². The van der Waals surface area contributed by atoms with E-state index in [1.54, 1.807) is 18.3 Å². The van der Waals surface area contributed by atoms with E-state index < -0.39 is 22.3 Å². The van der Waals surface area contributed by atoms with Gasteiger partial charge in [0.1, 0.15) is 27.6 Å². The molecule has 3 aromatic rings. The van der Waals surface area contributed by atoms with Crippen LogP contribution in [-0.4, -0.2) is 30.1 Å². The van der Waals surface area contributed by atoms with Crippen LogP contribution in [0.4, 0.5) is 5.82 Å². The molecule has 2 atom stereocenters. The number of nitrogen functional groups attached to an aromatic ring is 1. The predicted octanol–water partition coefficient (Wildman–Crippen LogP) is 2.16. The lowest BCUT2D eigenvalue weighted by atomic mass is 9.89. The molecule has 0 bridgehead atoms. The minimum Gasteiger partial charge on any atom is -0.384 e. The van der Waals surface area contributed by atoms with Crippen LogP contribution in [0.1, 0.15) is 41.1 Å². The average Bonchev–Trinajstić information content (AvgIpc) is 3.09. The Morgan fingerprint density at radius 3 is 2.77 bits per heavy atom. The zero-order valence-corrected chi connectivity index (χ0v) is 18.9. The van der Waals surface area contributed by atoms with Crippen LogP contribution in [0.2, 0.25) is 0 Å². The van der Waals surface area contributed by atoms with Gasteiger partial charge in [0, 0.05) is 24.4 Å². The lowest BCUT2D eigenvalue weighted by molar-refractivity contribution is 0.0992. The van der Waals surface area contributed by atoms with Crippen LogP contribution in [-0.2, 0) is 26.9 Å². The maximum Gasteiger partial charge on any atom is 0.332 e. The number of carbonyl (C=O) groups excluding carboxylic acids is 1. The molecule has 1 aliphatic rings. The van der Waals surface area contributed by atoms with Crippen LogP contribution in [0.25, 0.3) is 10.2 Å². The molecule has 8 nitrogen and oxygen atoms in total. The zero-order chi connectivity index (χ0) is 21.7. The van der Waals surface area contributed by atoms with Gasteiger partial charge in [-0.15, -0.1) is 11.3 Å². The molecule has 0 saturated heterocycles. The van der Waals surface area contributed by atoms with E-state index in [0.717, 1.165) is 43.6 Å². The summed E-state index contributed by atoms with van der Waals surface area (Å²) in [6.45, 7) is 3.99. The Hall–Kier alpha value is -2.46. The summed E-state index contributed by atoms with van der Waals surface area (Å²) in [5.74, 6) is 0.118. The van der Waals surface area contributed by atoms with Gasteiger partial charge in [0.15, 0.2) is 5.78 Å². The van der Waals surface area contributed by atoms with Gasteiger partial charge in [0.25, 0.3) is 5.56 Å². The van der Waals surface area contributed by atoms with E-state index in [2.05, 4.69) is 16.9 Å². The topological polar surface area (TPSA) is 113 Å². The predicted molar refractivity (Wildman–Crippen MR) is 120 cm³/mol. The molecule has 10 heteroatoms. The van der Waals surface area contributed by atoms with E-state index >= 15 is 0 Å². The molecular weight excluding hydrogens is 422 g/mol. The second-order valence-electron chi connectivity index (χ2n) is 7.80. The number of fused-ring (bicyclic) bond motifs is 3. The largest absolute Gasteiger partial charge is 0.384 e. The molecule has 158 valence electrons. The van der Waals surface area contributed by atoms with E-state index in [0.29, 0.717) is 5.92 Å². The minimum absolute atomic E-state index is 0.115. The Balaban J connectivity index is 1.73. The van der Waals surface area contributed by atoms with Gasteiger partial charge >= 0.3 is 5.69 Å². The summed E-state index contributed by atoms with van der Waals surface area (Å²) < 4.78 is 2.02. The zero-order valence-electron chi connectivity index (χ0n) is 17.3. The molecule has 0 unspecified atom stereocenters. The summed E-state index contributed by atoms with van der Waals surface area (Å²) >= 11 is 3.00. The van der Waals surface area contributed by atoms with Gasteiger partial charge in [-0.2, -0.15) is 0 Å². The van der Waals surface area contributed by atoms with E-state index in [9.17, 15) is 14.4 Å². The van der Waals surface area contributed by atoms with Crippen LogP contribution < -0.4 is 17.0 Å². The molecule has 3 heterocycles. The van der Waals surface area contributed by atoms with Crippen LogP contribution in [0.15, 0.2) is 20.9 Å². The van der Waals surface area contributed by atoms with Crippen molar-refractivity contribution in [3.63, 3.8) is 0 Å². The van der Waals surface area contributed by atoms with Crippen LogP contribution >= 0.6 is 23.1 Å². The number of carbonyl (C=O) groups is 1. The first-order valence-corrected chi connectivity index (χ1v) is 11.4. The van der Waals surface area contributed by atoms with Gasteiger partial charge in [-0.25, -0.2) is 14.8 Å². The van der Waals surface area contributed by atoms with Gasteiger partial charge in [-0.05, 0) is 37.7 Å². The number of thiophene rings is 1. The number of rotatable bonds is 4. The second-order valence-corrected chi connectivity index (χ2v) is 10.2. The smallest absolute Gasteiger partial charge is 0.332 e. The van der Waals surface area contributed by atoms with Crippen molar-refractivity contribution < 1.29 is 4.79 Å². The molecule has 2 N–H and O–H groups in total. The maximum absolute atomic E-state index is 13.1. The standard InChI is InChI=1S/C20H23N5O3S2/c1-9-5-6-11-12(7-9)30-18-13(11)17(22-8-23-18)29-10(2)15(26)14-16(21)24(3)20(28)25(4)19(14)27/h8-10H,5-7,21H2,1-4H3/t9-,10+/m1/s1. The monoisotopic (exact) mass is 445 g/mol. The number of thioether (sulfide) groups is 1. The third kappa shape index (κ3) is 3.27. The third-order valence-corrected chi connectivity index (χ3v) is 7.93.